The molecule has 2 aromatic rings. The molecule has 0 aromatic carbocycles. The number of aromatic carboxylic acids is 1. The monoisotopic (exact) mass is 196 g/mol. The van der Waals surface area contributed by atoms with Gasteiger partial charge in [-0.25, -0.2) is 9.78 Å². The molecule has 1 N–H and O–H groups in total. The maximum absolute atomic E-state index is 10.6. The van der Waals surface area contributed by atoms with Gasteiger partial charge in [-0.15, -0.1) is 0 Å². The van der Waals surface area contributed by atoms with Gasteiger partial charge in [0.25, 0.3) is 0 Å². The zero-order valence-electron chi connectivity index (χ0n) is 6.44. The molecule has 0 aliphatic rings. The first kappa shape index (κ1) is 8.07. The topological polar surface area (TPSA) is 54.6 Å². The van der Waals surface area contributed by atoms with E-state index >= 15 is 0 Å². The SMILES string of the molecule is O=C(O)c1ccc2ncc(Cl)n2c1. The summed E-state index contributed by atoms with van der Waals surface area (Å²) in [7, 11) is 0. The Bertz CT molecular complexity index is 478. The van der Waals surface area contributed by atoms with Crippen LogP contribution in [-0.2, 0) is 0 Å². The van der Waals surface area contributed by atoms with Crippen molar-refractivity contribution < 1.29 is 9.90 Å². The quantitative estimate of drug-likeness (QED) is 0.755. The van der Waals surface area contributed by atoms with Crippen LogP contribution in [0.2, 0.25) is 5.15 Å². The van der Waals surface area contributed by atoms with Crippen LogP contribution in [0.4, 0.5) is 0 Å². The molecule has 4 nitrogen and oxygen atoms in total. The molecule has 0 saturated carbocycles. The fourth-order valence-corrected chi connectivity index (χ4v) is 1.26. The first-order chi connectivity index (χ1) is 6.18. The number of hydrogen-bond acceptors (Lipinski definition) is 2. The number of aromatic nitrogens is 2. The minimum atomic E-state index is -0.980. The molecule has 13 heavy (non-hydrogen) atoms. The molecule has 0 aliphatic heterocycles. The van der Waals surface area contributed by atoms with Crippen molar-refractivity contribution in [1.82, 2.24) is 9.38 Å². The number of nitrogens with zero attached hydrogens (tertiary/aromatic N) is 2. The number of rotatable bonds is 1. The Balaban J connectivity index is 2.72. The number of imidazole rings is 1. The molecule has 0 saturated heterocycles. The number of halogens is 1. The van der Waals surface area contributed by atoms with E-state index in [2.05, 4.69) is 4.98 Å². The predicted octanol–water partition coefficient (Wildman–Crippen LogP) is 1.69. The predicted molar refractivity (Wildman–Crippen MR) is 47.2 cm³/mol. The summed E-state index contributed by atoms with van der Waals surface area (Å²) in [5, 5.41) is 9.10. The molecule has 0 bridgehead atoms. The Hall–Kier alpha value is -1.55. The highest BCUT2D eigenvalue weighted by molar-refractivity contribution is 6.29. The Morgan fingerprint density at radius 1 is 1.54 bits per heavy atom. The van der Waals surface area contributed by atoms with Gasteiger partial charge in [0.15, 0.2) is 0 Å². The van der Waals surface area contributed by atoms with Crippen LogP contribution in [0.25, 0.3) is 5.65 Å². The average Bonchev–Trinajstić information content (AvgIpc) is 2.47. The van der Waals surface area contributed by atoms with Crippen LogP contribution in [0, 0.1) is 0 Å². The first-order valence-corrected chi connectivity index (χ1v) is 3.92. The van der Waals surface area contributed by atoms with Crippen LogP contribution in [-0.4, -0.2) is 20.5 Å². The molecule has 0 aliphatic carbocycles. The van der Waals surface area contributed by atoms with Crippen LogP contribution in [0.15, 0.2) is 24.5 Å². The van der Waals surface area contributed by atoms with E-state index in [-0.39, 0.29) is 5.56 Å². The summed E-state index contributed by atoms with van der Waals surface area (Å²) in [4.78, 5) is 14.6. The van der Waals surface area contributed by atoms with Gasteiger partial charge in [-0.2, -0.15) is 0 Å². The van der Waals surface area contributed by atoms with Crippen molar-refractivity contribution >= 4 is 23.2 Å². The van der Waals surface area contributed by atoms with E-state index in [1.165, 1.54) is 22.9 Å². The lowest BCUT2D eigenvalue weighted by molar-refractivity contribution is 0.0696. The fourth-order valence-electron chi connectivity index (χ4n) is 1.08. The van der Waals surface area contributed by atoms with Crippen molar-refractivity contribution in [1.29, 1.82) is 0 Å². The lowest BCUT2D eigenvalue weighted by Crippen LogP contribution is -1.98. The number of hydrogen-bond donors (Lipinski definition) is 1. The Kier molecular flexibility index (Phi) is 1.70. The van der Waals surface area contributed by atoms with Crippen molar-refractivity contribution in [2.24, 2.45) is 0 Å². The molecule has 0 amide bonds. The average molecular weight is 197 g/mol. The summed E-state index contributed by atoms with van der Waals surface area (Å²) in [5.41, 5.74) is 0.822. The van der Waals surface area contributed by atoms with E-state index in [1.54, 1.807) is 6.07 Å². The highest BCUT2D eigenvalue weighted by atomic mass is 35.5. The minimum Gasteiger partial charge on any atom is -0.478 e. The summed E-state index contributed by atoms with van der Waals surface area (Å²) in [6, 6.07) is 3.09. The second-order valence-corrected chi connectivity index (χ2v) is 2.92. The molecule has 0 radical (unpaired) electrons. The second kappa shape index (κ2) is 2.74. The molecule has 5 heteroatoms. The molecule has 66 valence electrons. The maximum atomic E-state index is 10.6. The number of fused-ring (bicyclic) bond motifs is 1. The van der Waals surface area contributed by atoms with Gasteiger partial charge in [-0.1, -0.05) is 11.6 Å². The number of carboxylic acids is 1. The third-order valence-electron chi connectivity index (χ3n) is 1.71. The molecule has 2 rings (SSSR count). The molecular weight excluding hydrogens is 192 g/mol. The van der Waals surface area contributed by atoms with Crippen LogP contribution < -0.4 is 0 Å². The largest absolute Gasteiger partial charge is 0.478 e. The highest BCUT2D eigenvalue weighted by Crippen LogP contribution is 2.13. The zero-order valence-corrected chi connectivity index (χ0v) is 7.19. The van der Waals surface area contributed by atoms with Crippen LogP contribution >= 0.6 is 11.6 Å². The van der Waals surface area contributed by atoms with E-state index in [0.717, 1.165) is 0 Å². The summed E-state index contributed by atoms with van der Waals surface area (Å²) in [6.45, 7) is 0. The normalized spacial score (nSPS) is 10.5. The van der Waals surface area contributed by atoms with Gasteiger partial charge in [0, 0.05) is 6.20 Å². The molecule has 2 heterocycles. The lowest BCUT2D eigenvalue weighted by Gasteiger charge is -1.96. The third kappa shape index (κ3) is 1.25. The van der Waals surface area contributed by atoms with Gasteiger partial charge >= 0.3 is 5.97 Å². The van der Waals surface area contributed by atoms with E-state index in [0.29, 0.717) is 10.8 Å². The lowest BCUT2D eigenvalue weighted by atomic mass is 10.3. The summed E-state index contributed by atoms with van der Waals surface area (Å²) in [6.07, 6.45) is 2.91. The number of carboxylic acid groups (broad SMARTS) is 1. The smallest absolute Gasteiger partial charge is 0.337 e. The van der Waals surface area contributed by atoms with Gasteiger partial charge in [0.05, 0.1) is 11.8 Å². The summed E-state index contributed by atoms with van der Waals surface area (Å²) >= 11 is 5.76. The van der Waals surface area contributed by atoms with Crippen molar-refractivity contribution in [3.8, 4) is 0 Å². The van der Waals surface area contributed by atoms with Crippen molar-refractivity contribution in [3.63, 3.8) is 0 Å². The van der Waals surface area contributed by atoms with Crippen molar-refractivity contribution in [2.45, 2.75) is 0 Å². The van der Waals surface area contributed by atoms with Crippen LogP contribution in [0.3, 0.4) is 0 Å². The fraction of sp³-hybridized carbons (Fsp3) is 0. The summed E-state index contributed by atoms with van der Waals surface area (Å²) in [5.74, 6) is -0.980. The highest BCUT2D eigenvalue weighted by Gasteiger charge is 2.05. The number of carbonyl (C=O) groups is 1. The van der Waals surface area contributed by atoms with Gasteiger partial charge in [-0.3, -0.25) is 4.40 Å². The van der Waals surface area contributed by atoms with E-state index in [4.69, 9.17) is 16.7 Å². The zero-order chi connectivity index (χ0) is 9.42. The van der Waals surface area contributed by atoms with Gasteiger partial charge < -0.3 is 5.11 Å². The Morgan fingerprint density at radius 3 is 3.00 bits per heavy atom. The van der Waals surface area contributed by atoms with Crippen molar-refractivity contribution in [2.75, 3.05) is 0 Å². The van der Waals surface area contributed by atoms with Crippen LogP contribution in [0.1, 0.15) is 10.4 Å². The van der Waals surface area contributed by atoms with E-state index in [9.17, 15) is 4.79 Å². The molecule has 0 spiro atoms. The Labute approximate surface area is 78.4 Å². The van der Waals surface area contributed by atoms with Gasteiger partial charge in [0.1, 0.15) is 10.8 Å². The molecule has 0 atom stereocenters. The standard InChI is InChI=1S/C8H5ClN2O2/c9-6-3-10-7-2-1-5(8(12)13)4-11(6)7/h1-4H,(H,12,13). The third-order valence-corrected chi connectivity index (χ3v) is 1.99. The maximum Gasteiger partial charge on any atom is 0.337 e. The van der Waals surface area contributed by atoms with Crippen molar-refractivity contribution in [3.05, 3.63) is 35.2 Å². The molecule has 0 unspecified atom stereocenters. The van der Waals surface area contributed by atoms with E-state index < -0.39 is 5.97 Å². The molecule has 0 fully saturated rings. The van der Waals surface area contributed by atoms with Gasteiger partial charge in [0.2, 0.25) is 0 Å². The van der Waals surface area contributed by atoms with Crippen LogP contribution in [0.5, 0.6) is 0 Å². The molecular formula is C8H5ClN2O2. The van der Waals surface area contributed by atoms with E-state index in [1.807, 2.05) is 0 Å². The second-order valence-electron chi connectivity index (χ2n) is 2.53. The first-order valence-electron chi connectivity index (χ1n) is 3.54. The van der Waals surface area contributed by atoms with Gasteiger partial charge in [-0.05, 0) is 12.1 Å². The number of pyridine rings is 1. The Morgan fingerprint density at radius 2 is 2.31 bits per heavy atom. The molecule has 2 aromatic heterocycles. The minimum absolute atomic E-state index is 0.187. The summed E-state index contributed by atoms with van der Waals surface area (Å²) < 4.78 is 1.52.